The van der Waals surface area contributed by atoms with E-state index >= 15 is 0 Å². The highest BCUT2D eigenvalue weighted by Gasteiger charge is 2.25. The minimum Gasteiger partial charge on any atom is -0.481 e. The first kappa shape index (κ1) is 14.9. The van der Waals surface area contributed by atoms with Crippen molar-refractivity contribution in [3.05, 3.63) is 53.6 Å². The van der Waals surface area contributed by atoms with Gasteiger partial charge in [-0.2, -0.15) is 5.26 Å². The molecule has 5 heteroatoms. The Hall–Kier alpha value is -3.00. The van der Waals surface area contributed by atoms with Crippen molar-refractivity contribution in [3.8, 4) is 11.8 Å². The van der Waals surface area contributed by atoms with E-state index in [-0.39, 0.29) is 19.1 Å². The summed E-state index contributed by atoms with van der Waals surface area (Å²) in [6.45, 7) is 2.77. The van der Waals surface area contributed by atoms with Crippen LogP contribution in [0.3, 0.4) is 0 Å². The SMILES string of the molecule is Cc1ccc(CNc2ccc3c(c2)OCC(=O)N3CC#N)cc1. The summed E-state index contributed by atoms with van der Waals surface area (Å²) in [5, 5.41) is 12.2. The van der Waals surface area contributed by atoms with Gasteiger partial charge in [-0.15, -0.1) is 0 Å². The number of fused-ring (bicyclic) bond motifs is 1. The van der Waals surface area contributed by atoms with Gasteiger partial charge in [-0.05, 0) is 24.6 Å². The summed E-state index contributed by atoms with van der Waals surface area (Å²) >= 11 is 0. The van der Waals surface area contributed by atoms with E-state index in [1.807, 2.05) is 18.2 Å². The molecule has 5 nitrogen and oxygen atoms in total. The maximum atomic E-state index is 11.8. The number of nitrogens with zero attached hydrogens (tertiary/aromatic N) is 2. The third kappa shape index (κ3) is 3.27. The van der Waals surface area contributed by atoms with Crippen molar-refractivity contribution < 1.29 is 9.53 Å². The fourth-order valence-corrected chi connectivity index (χ4v) is 2.47. The second-order valence-electron chi connectivity index (χ2n) is 5.45. The molecule has 2 aromatic carbocycles. The molecule has 0 aliphatic carbocycles. The maximum Gasteiger partial charge on any atom is 0.265 e. The lowest BCUT2D eigenvalue weighted by Crippen LogP contribution is -2.38. The fraction of sp³-hybridized carbons (Fsp3) is 0.222. The lowest BCUT2D eigenvalue weighted by atomic mass is 10.1. The van der Waals surface area contributed by atoms with Crippen LogP contribution in [0.5, 0.6) is 5.75 Å². The summed E-state index contributed by atoms with van der Waals surface area (Å²) in [4.78, 5) is 13.3. The van der Waals surface area contributed by atoms with E-state index in [1.54, 1.807) is 6.07 Å². The van der Waals surface area contributed by atoms with Crippen molar-refractivity contribution in [1.82, 2.24) is 0 Å². The second kappa shape index (κ2) is 6.41. The van der Waals surface area contributed by atoms with Crippen molar-refractivity contribution in [2.75, 3.05) is 23.4 Å². The van der Waals surface area contributed by atoms with Gasteiger partial charge in [-0.1, -0.05) is 29.8 Å². The predicted octanol–water partition coefficient (Wildman–Crippen LogP) is 2.86. The van der Waals surface area contributed by atoms with Crippen LogP contribution in [-0.2, 0) is 11.3 Å². The third-order valence-corrected chi connectivity index (χ3v) is 3.75. The Morgan fingerprint density at radius 3 is 2.78 bits per heavy atom. The standard InChI is InChI=1S/C18H17N3O2/c1-13-2-4-14(5-3-13)11-20-15-6-7-16-17(10-15)23-12-18(22)21(16)9-8-19/h2-7,10,20H,9,11-12H2,1H3. The first-order chi connectivity index (χ1) is 11.2. The molecule has 0 saturated heterocycles. The van der Waals surface area contributed by atoms with Gasteiger partial charge < -0.3 is 10.1 Å². The molecule has 1 aliphatic rings. The molecule has 0 bridgehead atoms. The lowest BCUT2D eigenvalue weighted by Gasteiger charge is -2.27. The molecule has 1 N–H and O–H groups in total. The number of anilines is 2. The summed E-state index contributed by atoms with van der Waals surface area (Å²) in [7, 11) is 0. The number of benzene rings is 2. The number of aryl methyl sites for hydroxylation is 1. The van der Waals surface area contributed by atoms with Gasteiger partial charge in [0.25, 0.3) is 5.91 Å². The predicted molar refractivity (Wildman–Crippen MR) is 88.4 cm³/mol. The van der Waals surface area contributed by atoms with E-state index in [2.05, 4.69) is 36.5 Å². The number of amides is 1. The van der Waals surface area contributed by atoms with Crippen molar-refractivity contribution in [2.45, 2.75) is 13.5 Å². The summed E-state index contributed by atoms with van der Waals surface area (Å²) in [5.74, 6) is 0.424. The fourth-order valence-electron chi connectivity index (χ4n) is 2.47. The molecule has 0 fully saturated rings. The van der Waals surface area contributed by atoms with Gasteiger partial charge in [-0.25, -0.2) is 0 Å². The van der Waals surface area contributed by atoms with Gasteiger partial charge in [0.05, 0.1) is 11.8 Å². The van der Waals surface area contributed by atoms with Gasteiger partial charge in [0.2, 0.25) is 0 Å². The Morgan fingerprint density at radius 2 is 2.04 bits per heavy atom. The van der Waals surface area contributed by atoms with Crippen LogP contribution in [0.25, 0.3) is 0 Å². The summed E-state index contributed by atoms with van der Waals surface area (Å²) in [6.07, 6.45) is 0. The zero-order chi connectivity index (χ0) is 16.2. The van der Waals surface area contributed by atoms with E-state index in [0.29, 0.717) is 18.0 Å². The van der Waals surface area contributed by atoms with Crippen LogP contribution in [0.1, 0.15) is 11.1 Å². The maximum absolute atomic E-state index is 11.8. The van der Waals surface area contributed by atoms with E-state index < -0.39 is 0 Å². The number of carbonyl (C=O) groups is 1. The highest BCUT2D eigenvalue weighted by atomic mass is 16.5. The van der Waals surface area contributed by atoms with Crippen molar-refractivity contribution in [1.29, 1.82) is 5.26 Å². The van der Waals surface area contributed by atoms with Crippen LogP contribution in [0.2, 0.25) is 0 Å². The zero-order valence-corrected chi connectivity index (χ0v) is 12.9. The monoisotopic (exact) mass is 307 g/mol. The molecule has 1 aliphatic heterocycles. The van der Waals surface area contributed by atoms with Crippen LogP contribution < -0.4 is 15.0 Å². The number of hydrogen-bond acceptors (Lipinski definition) is 4. The minimum atomic E-state index is -0.195. The van der Waals surface area contributed by atoms with Crippen molar-refractivity contribution in [3.63, 3.8) is 0 Å². The Balaban J connectivity index is 1.74. The Kier molecular flexibility index (Phi) is 4.15. The highest BCUT2D eigenvalue weighted by molar-refractivity contribution is 5.98. The zero-order valence-electron chi connectivity index (χ0n) is 12.9. The van der Waals surface area contributed by atoms with Gasteiger partial charge >= 0.3 is 0 Å². The molecule has 0 saturated carbocycles. The number of rotatable bonds is 4. The van der Waals surface area contributed by atoms with E-state index in [9.17, 15) is 4.79 Å². The van der Waals surface area contributed by atoms with Gasteiger partial charge in [0, 0.05) is 18.3 Å². The van der Waals surface area contributed by atoms with E-state index in [1.165, 1.54) is 16.0 Å². The van der Waals surface area contributed by atoms with Crippen LogP contribution in [0.15, 0.2) is 42.5 Å². The average Bonchev–Trinajstić information content (AvgIpc) is 2.57. The average molecular weight is 307 g/mol. The normalized spacial score (nSPS) is 13.0. The molecule has 2 aromatic rings. The highest BCUT2D eigenvalue weighted by Crippen LogP contribution is 2.34. The molecule has 0 unspecified atom stereocenters. The van der Waals surface area contributed by atoms with Crippen LogP contribution in [-0.4, -0.2) is 19.1 Å². The molecule has 0 aromatic heterocycles. The Labute approximate surface area is 135 Å². The minimum absolute atomic E-state index is 0.0317. The number of nitrogens with one attached hydrogen (secondary N) is 1. The smallest absolute Gasteiger partial charge is 0.265 e. The number of carbonyl (C=O) groups excluding carboxylic acids is 1. The first-order valence-corrected chi connectivity index (χ1v) is 7.41. The summed E-state index contributed by atoms with van der Waals surface area (Å²) < 4.78 is 5.48. The third-order valence-electron chi connectivity index (χ3n) is 3.75. The Morgan fingerprint density at radius 1 is 1.26 bits per heavy atom. The van der Waals surface area contributed by atoms with Crippen molar-refractivity contribution in [2.24, 2.45) is 0 Å². The van der Waals surface area contributed by atoms with Gasteiger partial charge in [-0.3, -0.25) is 9.69 Å². The lowest BCUT2D eigenvalue weighted by molar-refractivity contribution is -0.121. The number of ether oxygens (including phenoxy) is 1. The topological polar surface area (TPSA) is 65.4 Å². The molecule has 23 heavy (non-hydrogen) atoms. The number of hydrogen-bond donors (Lipinski definition) is 1. The van der Waals surface area contributed by atoms with Crippen LogP contribution in [0.4, 0.5) is 11.4 Å². The molecule has 0 radical (unpaired) electrons. The molecule has 1 amide bonds. The van der Waals surface area contributed by atoms with Crippen molar-refractivity contribution >= 4 is 17.3 Å². The molecule has 3 rings (SSSR count). The molecule has 116 valence electrons. The number of nitriles is 1. The Bertz CT molecular complexity index is 763. The van der Waals surface area contributed by atoms with Gasteiger partial charge in [0.15, 0.2) is 6.61 Å². The molecule has 1 heterocycles. The van der Waals surface area contributed by atoms with Crippen LogP contribution >= 0.6 is 0 Å². The molecular weight excluding hydrogens is 290 g/mol. The largest absolute Gasteiger partial charge is 0.481 e. The van der Waals surface area contributed by atoms with Crippen LogP contribution in [0, 0.1) is 18.3 Å². The summed E-state index contributed by atoms with van der Waals surface area (Å²) in [5.41, 5.74) is 3.98. The van der Waals surface area contributed by atoms with E-state index in [4.69, 9.17) is 10.00 Å². The molecule has 0 spiro atoms. The van der Waals surface area contributed by atoms with Gasteiger partial charge in [0.1, 0.15) is 12.3 Å². The van der Waals surface area contributed by atoms with E-state index in [0.717, 1.165) is 5.69 Å². The summed E-state index contributed by atoms with van der Waals surface area (Å²) in [6, 6.07) is 15.9. The quantitative estimate of drug-likeness (QED) is 0.882. The second-order valence-corrected chi connectivity index (χ2v) is 5.45. The molecule has 0 atom stereocenters. The molecular formula is C18H17N3O2. The first-order valence-electron chi connectivity index (χ1n) is 7.41.